The van der Waals surface area contributed by atoms with E-state index in [0.717, 1.165) is 25.7 Å². The van der Waals surface area contributed by atoms with Gasteiger partial charge >= 0.3 is 0 Å². The van der Waals surface area contributed by atoms with Crippen LogP contribution in [0.2, 0.25) is 0 Å². The largest absolute Gasteiger partial charge is 0.289 e. The predicted octanol–water partition coefficient (Wildman–Crippen LogP) is 9.23. The Labute approximate surface area is 302 Å². The molecule has 2 aliphatic heterocycles. The highest BCUT2D eigenvalue weighted by molar-refractivity contribution is 5.43. The van der Waals surface area contributed by atoms with Gasteiger partial charge < -0.3 is 0 Å². The van der Waals surface area contributed by atoms with E-state index in [1.165, 1.54) is 61.2 Å². The first-order valence-electron chi connectivity index (χ1n) is 18.7. The zero-order valence-corrected chi connectivity index (χ0v) is 29.2. The molecule has 4 N–H and O–H groups in total. The average Bonchev–Trinajstić information content (AvgIpc) is 3.83. The van der Waals surface area contributed by atoms with Crippen molar-refractivity contribution in [2.24, 2.45) is 0 Å². The van der Waals surface area contributed by atoms with Crippen molar-refractivity contribution < 1.29 is 0 Å². The fraction of sp³-hybridized carbons (Fsp3) is 0.234. The van der Waals surface area contributed by atoms with Crippen molar-refractivity contribution in [1.82, 2.24) is 21.3 Å². The van der Waals surface area contributed by atoms with E-state index in [1.807, 2.05) is 0 Å². The van der Waals surface area contributed by atoms with Gasteiger partial charge in [-0.05, 0) is 88.2 Å². The molecule has 4 aliphatic carbocycles. The Bertz CT molecular complexity index is 2050. The number of hydrogen-bond acceptors (Lipinski definition) is 4. The van der Waals surface area contributed by atoms with Gasteiger partial charge in [0.25, 0.3) is 0 Å². The minimum atomic E-state index is 0.0521. The van der Waals surface area contributed by atoms with Crippen LogP contribution in [0.4, 0.5) is 0 Å². The van der Waals surface area contributed by atoms with E-state index >= 15 is 0 Å². The lowest BCUT2D eigenvalue weighted by Crippen LogP contribution is -2.25. The Hall–Kier alpha value is -4.84. The zero-order valence-electron chi connectivity index (χ0n) is 29.2. The molecule has 5 unspecified atom stereocenters. The maximum absolute atomic E-state index is 4.07. The molecular weight excluding hydrogens is 621 g/mol. The number of rotatable bonds is 6. The second-order valence-corrected chi connectivity index (χ2v) is 14.7. The van der Waals surface area contributed by atoms with E-state index in [4.69, 9.17) is 0 Å². The molecule has 6 aromatic carbocycles. The molecule has 5 atom stereocenters. The SMILES string of the molecule is Cc1ccc(C2NC(c3cc4ccc3CCc3ccc(cc3C3NC(c5ccccc5)C(c5ccccc5)N3)CC4)NC2c2ccccc2)cc1. The van der Waals surface area contributed by atoms with E-state index in [2.05, 4.69) is 180 Å². The molecule has 2 heterocycles. The van der Waals surface area contributed by atoms with Crippen LogP contribution in [-0.2, 0) is 25.7 Å². The highest BCUT2D eigenvalue weighted by Gasteiger charge is 2.38. The lowest BCUT2D eigenvalue weighted by Gasteiger charge is -2.23. The third kappa shape index (κ3) is 6.57. The standard InChI is InChI=1S/C47H46N4/c1-31-17-23-39(24-18-31)45-44(38-15-9-4-10-16-38)50-47(51-45)41-30-33-20-19-32-21-25-34(27-28-35(41)26-22-33)40(29-32)46-48-42(36-11-5-2-6-12-36)43(49-46)37-13-7-3-8-14-37/h2-18,21-26,29-30,42-51H,19-20,27-28H2,1H3. The summed E-state index contributed by atoms with van der Waals surface area (Å²) in [6.07, 6.45) is 4.07. The molecule has 4 bridgehead atoms. The quantitative estimate of drug-likeness (QED) is 0.143. The van der Waals surface area contributed by atoms with Gasteiger partial charge in [0.15, 0.2) is 0 Å². The van der Waals surface area contributed by atoms with Crippen LogP contribution >= 0.6 is 0 Å². The highest BCUT2D eigenvalue weighted by atomic mass is 15.3. The van der Waals surface area contributed by atoms with E-state index in [0.29, 0.717) is 0 Å². The molecule has 51 heavy (non-hydrogen) atoms. The van der Waals surface area contributed by atoms with Crippen molar-refractivity contribution in [2.75, 3.05) is 0 Å². The Morgan fingerprint density at radius 3 is 1.10 bits per heavy atom. The van der Waals surface area contributed by atoms with Crippen LogP contribution in [0, 0.1) is 6.92 Å². The summed E-state index contributed by atoms with van der Waals surface area (Å²) < 4.78 is 0. The third-order valence-corrected chi connectivity index (χ3v) is 11.4. The molecule has 4 nitrogen and oxygen atoms in total. The summed E-state index contributed by atoms with van der Waals surface area (Å²) in [5, 5.41) is 16.2. The minimum Gasteiger partial charge on any atom is -0.289 e. The Morgan fingerprint density at radius 2 is 0.725 bits per heavy atom. The van der Waals surface area contributed by atoms with Crippen molar-refractivity contribution >= 4 is 0 Å². The molecule has 6 aliphatic rings. The molecule has 12 rings (SSSR count). The van der Waals surface area contributed by atoms with Gasteiger partial charge in [0, 0.05) is 0 Å². The molecule has 0 amide bonds. The molecule has 0 spiro atoms. The van der Waals surface area contributed by atoms with Crippen LogP contribution in [-0.4, -0.2) is 0 Å². The van der Waals surface area contributed by atoms with Crippen molar-refractivity contribution in [3.63, 3.8) is 0 Å². The Kier molecular flexibility index (Phi) is 8.84. The Balaban J connectivity index is 1.03. The van der Waals surface area contributed by atoms with Gasteiger partial charge in [0.05, 0.1) is 36.5 Å². The van der Waals surface area contributed by atoms with Crippen LogP contribution in [0.3, 0.4) is 0 Å². The van der Waals surface area contributed by atoms with Gasteiger partial charge in [-0.3, -0.25) is 21.3 Å². The third-order valence-electron chi connectivity index (χ3n) is 11.4. The van der Waals surface area contributed by atoms with Gasteiger partial charge in [-0.25, -0.2) is 0 Å². The second kappa shape index (κ2) is 14.1. The zero-order chi connectivity index (χ0) is 34.1. The summed E-state index contributed by atoms with van der Waals surface area (Å²) >= 11 is 0. The summed E-state index contributed by atoms with van der Waals surface area (Å²) in [6.45, 7) is 2.16. The molecule has 0 aromatic heterocycles. The maximum atomic E-state index is 4.07. The molecule has 2 fully saturated rings. The van der Waals surface area contributed by atoms with Crippen LogP contribution in [0.15, 0.2) is 152 Å². The maximum Gasteiger partial charge on any atom is 0.0849 e. The summed E-state index contributed by atoms with van der Waals surface area (Å²) in [4.78, 5) is 0. The first-order valence-corrected chi connectivity index (χ1v) is 18.7. The fourth-order valence-electron chi connectivity index (χ4n) is 8.62. The monoisotopic (exact) mass is 666 g/mol. The van der Waals surface area contributed by atoms with Crippen molar-refractivity contribution in [1.29, 1.82) is 0 Å². The normalized spacial score (nSPS) is 24.3. The molecule has 254 valence electrons. The lowest BCUT2D eigenvalue weighted by molar-refractivity contribution is 0.543. The van der Waals surface area contributed by atoms with Gasteiger partial charge in [-0.1, -0.05) is 157 Å². The van der Waals surface area contributed by atoms with Gasteiger partial charge in [-0.15, -0.1) is 0 Å². The number of nitrogens with one attached hydrogen (secondary N) is 4. The van der Waals surface area contributed by atoms with E-state index < -0.39 is 0 Å². The molecule has 0 radical (unpaired) electrons. The summed E-state index contributed by atoms with van der Waals surface area (Å²) in [6, 6.07) is 57.0. The van der Waals surface area contributed by atoms with Gasteiger partial charge in [0.2, 0.25) is 0 Å². The first kappa shape index (κ1) is 32.1. The smallest absolute Gasteiger partial charge is 0.0849 e. The minimum absolute atomic E-state index is 0.0521. The lowest BCUT2D eigenvalue weighted by atomic mass is 9.89. The number of benzene rings is 6. The summed E-state index contributed by atoms with van der Waals surface area (Å²) in [7, 11) is 0. The van der Waals surface area contributed by atoms with Gasteiger partial charge in [0.1, 0.15) is 0 Å². The molecule has 6 aromatic rings. The van der Waals surface area contributed by atoms with Crippen LogP contribution in [0.25, 0.3) is 0 Å². The van der Waals surface area contributed by atoms with Crippen LogP contribution in [0.1, 0.15) is 97.7 Å². The highest BCUT2D eigenvalue weighted by Crippen LogP contribution is 2.41. The Morgan fingerprint density at radius 1 is 0.373 bits per heavy atom. The molecule has 2 saturated heterocycles. The van der Waals surface area contributed by atoms with E-state index in [1.54, 1.807) is 0 Å². The van der Waals surface area contributed by atoms with Crippen LogP contribution in [0.5, 0.6) is 0 Å². The number of hydrogen-bond donors (Lipinski definition) is 4. The first-order chi connectivity index (χ1) is 25.2. The van der Waals surface area contributed by atoms with E-state index in [9.17, 15) is 0 Å². The summed E-state index contributed by atoms with van der Waals surface area (Å²) in [5.74, 6) is 0. The topological polar surface area (TPSA) is 48.1 Å². The average molecular weight is 667 g/mol. The summed E-state index contributed by atoms with van der Waals surface area (Å²) in [5.41, 5.74) is 14.9. The fourth-order valence-corrected chi connectivity index (χ4v) is 8.62. The van der Waals surface area contributed by atoms with Crippen molar-refractivity contribution in [3.8, 4) is 0 Å². The second-order valence-electron chi connectivity index (χ2n) is 14.7. The molecule has 4 heteroatoms. The molecular formula is C47H46N4. The van der Waals surface area contributed by atoms with Crippen LogP contribution < -0.4 is 21.3 Å². The van der Waals surface area contributed by atoms with Crippen molar-refractivity contribution in [2.45, 2.75) is 69.1 Å². The van der Waals surface area contributed by atoms with Gasteiger partial charge in [-0.2, -0.15) is 0 Å². The number of aryl methyl sites for hydroxylation is 5. The predicted molar refractivity (Wildman–Crippen MR) is 207 cm³/mol. The van der Waals surface area contributed by atoms with Crippen molar-refractivity contribution in [3.05, 3.63) is 213 Å². The van der Waals surface area contributed by atoms with E-state index in [-0.39, 0.29) is 36.5 Å². The molecule has 0 saturated carbocycles.